The smallest absolute Gasteiger partial charge is 0.202 e. The van der Waals surface area contributed by atoms with E-state index in [9.17, 15) is 19.8 Å². The summed E-state index contributed by atoms with van der Waals surface area (Å²) in [5.41, 5.74) is -2.36. The Morgan fingerprint density at radius 1 is 0.926 bits per heavy atom. The van der Waals surface area contributed by atoms with Crippen LogP contribution >= 0.6 is 0 Å². The second kappa shape index (κ2) is 5.41. The maximum absolute atomic E-state index is 13.0. The number of epoxide rings is 2. The number of rotatable bonds is 4. The van der Waals surface area contributed by atoms with Crippen molar-refractivity contribution >= 4 is 11.6 Å². The van der Waals surface area contributed by atoms with Crippen molar-refractivity contribution in [3.8, 4) is 0 Å². The third-order valence-electron chi connectivity index (χ3n) is 8.92. The summed E-state index contributed by atoms with van der Waals surface area (Å²) in [6.45, 7) is 4.28. The molecule has 8 atom stereocenters. The highest BCUT2D eigenvalue weighted by atomic mass is 16.7. The lowest BCUT2D eigenvalue weighted by atomic mass is 9.47. The van der Waals surface area contributed by atoms with Gasteiger partial charge in [0.2, 0.25) is 5.78 Å². The van der Waals surface area contributed by atoms with E-state index in [0.717, 1.165) is 38.5 Å². The van der Waals surface area contributed by atoms with Crippen LogP contribution in [0.1, 0.15) is 58.8 Å². The number of carbonyl (C=O) groups is 2. The fraction of sp³-hybridized carbons (Fsp3) is 0.905. The molecule has 5 aliphatic rings. The molecule has 27 heavy (non-hydrogen) atoms. The molecule has 0 amide bonds. The molecule has 2 aliphatic heterocycles. The third kappa shape index (κ3) is 2.10. The number of Topliss-reactive ketones (excluding diaryl/α,β-unsaturated/α-hetero) is 2. The molecule has 6 heteroatoms. The predicted octanol–water partition coefficient (Wildman–Crippen LogP) is 1.40. The molecule has 2 saturated heterocycles. The van der Waals surface area contributed by atoms with Gasteiger partial charge in [-0.2, -0.15) is 0 Å². The zero-order valence-electron chi connectivity index (χ0n) is 16.2. The maximum atomic E-state index is 13.0. The third-order valence-corrected chi connectivity index (χ3v) is 8.92. The molecule has 3 aliphatic carbocycles. The standard InChI is InChI=1S/C21H30O6/c1-18(10-22)7-4-8-19(2)12(5-3-6-13(18)19)9-20-14(24)17-21(11-23,27-17)15(25)16(20)26-20/h12-13,16-17,22-23H,3-11H2,1-2H3/t12-,13+,16-,17-,18+,19-,20+,21+/m1/s1. The maximum Gasteiger partial charge on any atom is 0.202 e. The van der Waals surface area contributed by atoms with Gasteiger partial charge in [0.25, 0.3) is 0 Å². The minimum Gasteiger partial charge on any atom is -0.396 e. The summed E-state index contributed by atoms with van der Waals surface area (Å²) in [5.74, 6) is 0.326. The van der Waals surface area contributed by atoms with Gasteiger partial charge in [-0.05, 0) is 54.8 Å². The van der Waals surface area contributed by atoms with Crippen molar-refractivity contribution in [3.63, 3.8) is 0 Å². The zero-order valence-corrected chi connectivity index (χ0v) is 16.2. The monoisotopic (exact) mass is 378 g/mol. The molecule has 3 saturated carbocycles. The number of hydrogen-bond acceptors (Lipinski definition) is 6. The van der Waals surface area contributed by atoms with Gasteiger partial charge >= 0.3 is 0 Å². The van der Waals surface area contributed by atoms with Gasteiger partial charge in [-0.15, -0.1) is 0 Å². The molecule has 2 heterocycles. The van der Waals surface area contributed by atoms with Gasteiger partial charge in [0, 0.05) is 6.61 Å². The summed E-state index contributed by atoms with van der Waals surface area (Å²) < 4.78 is 11.2. The Bertz CT molecular complexity index is 707. The van der Waals surface area contributed by atoms with Gasteiger partial charge in [0.05, 0.1) is 6.61 Å². The van der Waals surface area contributed by atoms with Crippen LogP contribution in [-0.2, 0) is 19.1 Å². The molecule has 2 N–H and O–H groups in total. The van der Waals surface area contributed by atoms with Gasteiger partial charge in [-0.25, -0.2) is 0 Å². The van der Waals surface area contributed by atoms with Crippen LogP contribution in [0.25, 0.3) is 0 Å². The first-order chi connectivity index (χ1) is 12.8. The number of carbonyl (C=O) groups excluding carboxylic acids is 2. The van der Waals surface area contributed by atoms with Crippen LogP contribution in [0.15, 0.2) is 0 Å². The molecule has 0 spiro atoms. The molecule has 0 radical (unpaired) electrons. The average Bonchev–Trinajstić information content (AvgIpc) is 3.55. The predicted molar refractivity (Wildman–Crippen MR) is 94.9 cm³/mol. The summed E-state index contributed by atoms with van der Waals surface area (Å²) in [5, 5.41) is 19.6. The number of aliphatic hydroxyl groups excluding tert-OH is 2. The van der Waals surface area contributed by atoms with Gasteiger partial charge in [0.1, 0.15) is 0 Å². The van der Waals surface area contributed by atoms with Crippen molar-refractivity contribution in [3.05, 3.63) is 0 Å². The van der Waals surface area contributed by atoms with Crippen molar-refractivity contribution in [1.29, 1.82) is 0 Å². The fourth-order valence-electron chi connectivity index (χ4n) is 7.13. The summed E-state index contributed by atoms with van der Waals surface area (Å²) in [6.07, 6.45) is 5.47. The van der Waals surface area contributed by atoms with Crippen LogP contribution in [0.2, 0.25) is 0 Å². The van der Waals surface area contributed by atoms with Gasteiger partial charge in [-0.3, -0.25) is 9.59 Å². The van der Waals surface area contributed by atoms with E-state index in [-0.39, 0.29) is 29.0 Å². The molecule has 0 aromatic heterocycles. The normalized spacial score (nSPS) is 56.1. The Kier molecular flexibility index (Phi) is 3.65. The molecular weight excluding hydrogens is 348 g/mol. The topological polar surface area (TPSA) is 99.7 Å². The van der Waals surface area contributed by atoms with Crippen LogP contribution in [0.5, 0.6) is 0 Å². The van der Waals surface area contributed by atoms with E-state index in [1.54, 1.807) is 0 Å². The highest BCUT2D eigenvalue weighted by Gasteiger charge is 2.84. The van der Waals surface area contributed by atoms with Crippen LogP contribution in [0, 0.1) is 22.7 Å². The van der Waals surface area contributed by atoms with Crippen LogP contribution in [0.3, 0.4) is 0 Å². The van der Waals surface area contributed by atoms with Crippen molar-refractivity contribution in [2.45, 2.75) is 82.2 Å². The first-order valence-electron chi connectivity index (χ1n) is 10.4. The number of aliphatic hydroxyl groups is 2. The number of hydrogen-bond donors (Lipinski definition) is 2. The molecule has 5 rings (SSSR count). The molecule has 5 fully saturated rings. The fourth-order valence-corrected chi connectivity index (χ4v) is 7.13. The molecule has 0 aromatic rings. The highest BCUT2D eigenvalue weighted by molar-refractivity contribution is 6.16. The molecule has 150 valence electrons. The number of ketones is 2. The zero-order chi connectivity index (χ0) is 19.2. The Labute approximate surface area is 159 Å². The highest BCUT2D eigenvalue weighted by Crippen LogP contribution is 2.64. The minimum absolute atomic E-state index is 0.0540. The number of fused-ring (bicyclic) bond motifs is 3. The molecule has 0 unspecified atom stereocenters. The molecule has 6 nitrogen and oxygen atoms in total. The van der Waals surface area contributed by atoms with E-state index in [1.807, 2.05) is 0 Å². The first-order valence-corrected chi connectivity index (χ1v) is 10.4. The van der Waals surface area contributed by atoms with Crippen molar-refractivity contribution in [1.82, 2.24) is 0 Å². The van der Waals surface area contributed by atoms with Crippen molar-refractivity contribution in [2.75, 3.05) is 13.2 Å². The quantitative estimate of drug-likeness (QED) is 0.718. The summed E-state index contributed by atoms with van der Waals surface area (Å²) in [4.78, 5) is 25.7. The molecule has 0 aromatic carbocycles. The summed E-state index contributed by atoms with van der Waals surface area (Å²) in [6, 6.07) is 0. The van der Waals surface area contributed by atoms with Crippen LogP contribution in [-0.4, -0.2) is 58.4 Å². The van der Waals surface area contributed by atoms with Gasteiger partial charge in [0.15, 0.2) is 29.2 Å². The second-order valence-corrected chi connectivity index (χ2v) is 10.2. The Balaban J connectivity index is 1.42. The summed E-state index contributed by atoms with van der Waals surface area (Å²) in [7, 11) is 0. The largest absolute Gasteiger partial charge is 0.396 e. The van der Waals surface area contributed by atoms with E-state index in [1.165, 1.54) is 0 Å². The lowest BCUT2D eigenvalue weighted by molar-refractivity contribution is -0.133. The van der Waals surface area contributed by atoms with Crippen molar-refractivity contribution in [2.24, 2.45) is 22.7 Å². The van der Waals surface area contributed by atoms with E-state index in [2.05, 4.69) is 13.8 Å². The van der Waals surface area contributed by atoms with Crippen molar-refractivity contribution < 1.29 is 29.3 Å². The lowest BCUT2D eigenvalue weighted by Crippen LogP contribution is -2.54. The van der Waals surface area contributed by atoms with Crippen LogP contribution in [0.4, 0.5) is 0 Å². The van der Waals surface area contributed by atoms with E-state index >= 15 is 0 Å². The lowest BCUT2D eigenvalue weighted by Gasteiger charge is -2.58. The van der Waals surface area contributed by atoms with E-state index < -0.39 is 30.0 Å². The number of ether oxygens (including phenoxy) is 2. The Morgan fingerprint density at radius 3 is 2.30 bits per heavy atom. The van der Waals surface area contributed by atoms with E-state index in [4.69, 9.17) is 9.47 Å². The second-order valence-electron chi connectivity index (χ2n) is 10.2. The van der Waals surface area contributed by atoms with Crippen LogP contribution < -0.4 is 0 Å². The molecule has 0 bridgehead atoms. The minimum atomic E-state index is -1.32. The van der Waals surface area contributed by atoms with E-state index in [0.29, 0.717) is 18.3 Å². The van der Waals surface area contributed by atoms with Gasteiger partial charge < -0.3 is 19.7 Å². The first kappa shape index (κ1) is 18.2. The summed E-state index contributed by atoms with van der Waals surface area (Å²) >= 11 is 0. The van der Waals surface area contributed by atoms with Gasteiger partial charge in [-0.1, -0.05) is 26.7 Å². The Hall–Kier alpha value is -0.820. The SMILES string of the molecule is C[C@@]1(CO)CCC[C@]2(C)[C@@H](C[C@@]34O[C@@H]3C(=O)[C@]3(CO)O[C@@H]3C4=O)CCC[C@@H]12. The Morgan fingerprint density at radius 2 is 1.59 bits per heavy atom. The average molecular weight is 378 g/mol. The molecular formula is C21H30O6.